The normalized spacial score (nSPS) is 15.1. The summed E-state index contributed by atoms with van der Waals surface area (Å²) in [6, 6.07) is 10.5. The zero-order valence-electron chi connectivity index (χ0n) is 12.9. The first-order valence-corrected chi connectivity index (χ1v) is 8.27. The molecule has 0 fully saturated rings. The number of nitrogens with two attached hydrogens (primary N) is 2. The predicted octanol–water partition coefficient (Wildman–Crippen LogP) is 3.13. The highest BCUT2D eigenvalue weighted by molar-refractivity contribution is 7.98. The highest BCUT2D eigenvalue weighted by atomic mass is 32.2. The summed E-state index contributed by atoms with van der Waals surface area (Å²) in [6.07, 6.45) is 1.66. The minimum absolute atomic E-state index is 0.196. The van der Waals surface area contributed by atoms with Crippen molar-refractivity contribution in [3.63, 3.8) is 0 Å². The van der Waals surface area contributed by atoms with Crippen LogP contribution in [0.3, 0.4) is 0 Å². The molecule has 0 saturated heterocycles. The van der Waals surface area contributed by atoms with E-state index in [2.05, 4.69) is 24.3 Å². The molecule has 3 nitrogen and oxygen atoms in total. The van der Waals surface area contributed by atoms with Crippen molar-refractivity contribution in [2.45, 2.75) is 50.6 Å². The van der Waals surface area contributed by atoms with E-state index in [1.807, 2.05) is 38.6 Å². The molecule has 1 aromatic carbocycles. The topological polar surface area (TPSA) is 61.3 Å². The van der Waals surface area contributed by atoms with Gasteiger partial charge < -0.3 is 16.2 Å². The molecule has 1 rings (SSSR count). The van der Waals surface area contributed by atoms with Crippen LogP contribution in [0.4, 0.5) is 0 Å². The van der Waals surface area contributed by atoms with Gasteiger partial charge in [0.05, 0.1) is 6.61 Å². The van der Waals surface area contributed by atoms with E-state index in [9.17, 15) is 0 Å². The Kier molecular flexibility index (Phi) is 7.03. The minimum atomic E-state index is -0.561. The summed E-state index contributed by atoms with van der Waals surface area (Å²) < 4.78 is 5.74. The molecule has 114 valence electrons. The van der Waals surface area contributed by atoms with E-state index in [0.29, 0.717) is 6.61 Å². The fraction of sp³-hybridized carbons (Fsp3) is 0.625. The van der Waals surface area contributed by atoms with Crippen LogP contribution in [0.1, 0.15) is 39.2 Å². The smallest absolute Gasteiger partial charge is 0.114 e. The monoisotopic (exact) mass is 296 g/mol. The van der Waals surface area contributed by atoms with Crippen LogP contribution in [0.15, 0.2) is 30.3 Å². The molecule has 1 unspecified atom stereocenters. The van der Waals surface area contributed by atoms with Gasteiger partial charge in [0.25, 0.3) is 0 Å². The third-order valence-corrected chi connectivity index (χ3v) is 4.06. The van der Waals surface area contributed by atoms with Crippen molar-refractivity contribution in [1.29, 1.82) is 0 Å². The van der Waals surface area contributed by atoms with Crippen molar-refractivity contribution in [2.24, 2.45) is 11.5 Å². The molecule has 0 aliphatic carbocycles. The maximum absolute atomic E-state index is 6.15. The number of hydrogen-bond donors (Lipinski definition) is 2. The summed E-state index contributed by atoms with van der Waals surface area (Å²) in [7, 11) is 0. The lowest BCUT2D eigenvalue weighted by Crippen LogP contribution is -2.42. The second kappa shape index (κ2) is 8.03. The summed E-state index contributed by atoms with van der Waals surface area (Å²) in [5.74, 6) is 2.01. The molecule has 0 aliphatic rings. The van der Waals surface area contributed by atoms with E-state index in [1.54, 1.807) is 0 Å². The first kappa shape index (κ1) is 17.5. The van der Waals surface area contributed by atoms with Gasteiger partial charge in [-0.2, -0.15) is 11.8 Å². The lowest BCUT2D eigenvalue weighted by atomic mass is 10.0. The number of thioether (sulfide) groups is 1. The molecular formula is C16H28N2OS. The predicted molar refractivity (Wildman–Crippen MR) is 88.6 cm³/mol. The van der Waals surface area contributed by atoms with Gasteiger partial charge in [0.2, 0.25) is 0 Å². The molecule has 0 heterocycles. The standard InChI is InChI=1S/C16H28N2OS/c1-15(2,17)9-11-19-16(3,18)10-12-20-13-14-7-5-4-6-8-14/h4-8H,9-13,17-18H2,1-3H3. The molecular weight excluding hydrogens is 268 g/mol. The maximum Gasteiger partial charge on any atom is 0.114 e. The molecule has 4 heteroatoms. The summed E-state index contributed by atoms with van der Waals surface area (Å²) in [5, 5.41) is 0. The van der Waals surface area contributed by atoms with Crippen LogP contribution < -0.4 is 11.5 Å². The highest BCUT2D eigenvalue weighted by Gasteiger charge is 2.20. The van der Waals surface area contributed by atoms with Crippen molar-refractivity contribution in [1.82, 2.24) is 0 Å². The van der Waals surface area contributed by atoms with E-state index in [-0.39, 0.29) is 5.54 Å². The Labute approximate surface area is 127 Å². The van der Waals surface area contributed by atoms with Crippen LogP contribution in [0.5, 0.6) is 0 Å². The first-order chi connectivity index (χ1) is 9.29. The van der Waals surface area contributed by atoms with Gasteiger partial charge in [-0.05, 0) is 44.9 Å². The molecule has 1 aromatic rings. The zero-order chi connectivity index (χ0) is 15.1. The van der Waals surface area contributed by atoms with Crippen molar-refractivity contribution in [2.75, 3.05) is 12.4 Å². The second-order valence-electron chi connectivity index (χ2n) is 6.19. The fourth-order valence-electron chi connectivity index (χ4n) is 1.66. The number of ether oxygens (including phenoxy) is 1. The molecule has 0 aromatic heterocycles. The van der Waals surface area contributed by atoms with Crippen LogP contribution in [0.2, 0.25) is 0 Å². The molecule has 0 spiro atoms. The van der Waals surface area contributed by atoms with Crippen molar-refractivity contribution in [3.05, 3.63) is 35.9 Å². The average molecular weight is 296 g/mol. The van der Waals surface area contributed by atoms with Gasteiger partial charge in [-0.25, -0.2) is 0 Å². The van der Waals surface area contributed by atoms with E-state index in [0.717, 1.165) is 24.3 Å². The van der Waals surface area contributed by atoms with E-state index >= 15 is 0 Å². The number of benzene rings is 1. The van der Waals surface area contributed by atoms with Gasteiger partial charge in [-0.3, -0.25) is 0 Å². The molecule has 0 aliphatic heterocycles. The quantitative estimate of drug-likeness (QED) is 0.543. The zero-order valence-corrected chi connectivity index (χ0v) is 13.7. The number of hydrogen-bond acceptors (Lipinski definition) is 4. The molecule has 4 N–H and O–H groups in total. The van der Waals surface area contributed by atoms with Gasteiger partial charge in [-0.1, -0.05) is 30.3 Å². The molecule has 20 heavy (non-hydrogen) atoms. The van der Waals surface area contributed by atoms with Gasteiger partial charge in [-0.15, -0.1) is 0 Å². The van der Waals surface area contributed by atoms with Gasteiger partial charge in [0, 0.05) is 11.3 Å². The van der Waals surface area contributed by atoms with Gasteiger partial charge in [0.15, 0.2) is 0 Å². The molecule has 0 radical (unpaired) electrons. The average Bonchev–Trinajstić information content (AvgIpc) is 2.34. The van der Waals surface area contributed by atoms with E-state index in [1.165, 1.54) is 5.56 Å². The fourth-order valence-corrected chi connectivity index (χ4v) is 2.78. The third kappa shape index (κ3) is 8.59. The summed E-state index contributed by atoms with van der Waals surface area (Å²) >= 11 is 1.89. The second-order valence-corrected chi connectivity index (χ2v) is 7.29. The van der Waals surface area contributed by atoms with Crippen LogP contribution in [-0.2, 0) is 10.5 Å². The van der Waals surface area contributed by atoms with Crippen LogP contribution in [-0.4, -0.2) is 23.6 Å². The molecule has 0 amide bonds. The van der Waals surface area contributed by atoms with Crippen LogP contribution in [0.25, 0.3) is 0 Å². The van der Waals surface area contributed by atoms with Crippen molar-refractivity contribution in [3.8, 4) is 0 Å². The minimum Gasteiger partial charge on any atom is -0.361 e. The highest BCUT2D eigenvalue weighted by Crippen LogP contribution is 2.18. The van der Waals surface area contributed by atoms with E-state index < -0.39 is 5.72 Å². The molecule has 0 bridgehead atoms. The Morgan fingerprint density at radius 2 is 1.70 bits per heavy atom. The van der Waals surface area contributed by atoms with Gasteiger partial charge in [0.1, 0.15) is 5.72 Å². The summed E-state index contributed by atoms with van der Waals surface area (Å²) in [4.78, 5) is 0. The third-order valence-electron chi connectivity index (χ3n) is 3.03. The Balaban J connectivity index is 2.16. The van der Waals surface area contributed by atoms with Crippen molar-refractivity contribution < 1.29 is 4.74 Å². The molecule has 0 saturated carbocycles. The van der Waals surface area contributed by atoms with Crippen LogP contribution >= 0.6 is 11.8 Å². The largest absolute Gasteiger partial charge is 0.361 e. The van der Waals surface area contributed by atoms with Crippen LogP contribution in [0, 0.1) is 0 Å². The Bertz CT molecular complexity index is 374. The lowest BCUT2D eigenvalue weighted by Gasteiger charge is -2.27. The summed E-state index contributed by atoms with van der Waals surface area (Å²) in [6.45, 7) is 6.55. The number of rotatable bonds is 9. The van der Waals surface area contributed by atoms with E-state index in [4.69, 9.17) is 16.2 Å². The maximum atomic E-state index is 6.15. The Morgan fingerprint density at radius 1 is 1.05 bits per heavy atom. The summed E-state index contributed by atoms with van der Waals surface area (Å²) in [5.41, 5.74) is 12.7. The molecule has 1 atom stereocenters. The first-order valence-electron chi connectivity index (χ1n) is 7.12. The Morgan fingerprint density at radius 3 is 2.30 bits per heavy atom. The lowest BCUT2D eigenvalue weighted by molar-refractivity contribution is -0.0343. The Hall–Kier alpha value is -0.550. The van der Waals surface area contributed by atoms with Gasteiger partial charge >= 0.3 is 0 Å². The van der Waals surface area contributed by atoms with Crippen molar-refractivity contribution >= 4 is 11.8 Å². The SMILES string of the molecule is CC(C)(N)CCOC(C)(N)CCSCc1ccccc1.